The molecule has 1 aliphatic rings. The zero-order valence-electron chi connectivity index (χ0n) is 15.3. The third kappa shape index (κ3) is 3.01. The molecule has 136 valence electrons. The summed E-state index contributed by atoms with van der Waals surface area (Å²) in [5, 5.41) is 1.93. The average Bonchev–Trinajstić information content (AvgIpc) is 3.20. The molecule has 0 aromatic heterocycles. The van der Waals surface area contributed by atoms with E-state index in [1.165, 1.54) is 0 Å². The number of hydrogen-bond acceptors (Lipinski definition) is 4. The second-order valence-electron chi connectivity index (χ2n) is 6.63. The van der Waals surface area contributed by atoms with E-state index in [0.29, 0.717) is 0 Å². The van der Waals surface area contributed by atoms with Gasteiger partial charge in [-0.2, -0.15) is 5.12 Å². The Morgan fingerprint density at radius 2 is 1.04 bits per heavy atom. The molecular formula is C24H20N4. The summed E-state index contributed by atoms with van der Waals surface area (Å²) in [6.45, 7) is 0. The highest BCUT2D eigenvalue weighted by atomic mass is 15.8. The minimum atomic E-state index is 1.04. The van der Waals surface area contributed by atoms with Gasteiger partial charge in [-0.05, 0) is 54.6 Å². The van der Waals surface area contributed by atoms with E-state index in [1.54, 1.807) is 0 Å². The molecule has 0 spiro atoms. The van der Waals surface area contributed by atoms with Crippen LogP contribution in [0.25, 0.3) is 0 Å². The Hall–Kier alpha value is -3.92. The molecule has 0 atom stereocenters. The Morgan fingerprint density at radius 3 is 1.64 bits per heavy atom. The molecule has 1 aliphatic heterocycles. The summed E-state index contributed by atoms with van der Waals surface area (Å²) >= 11 is 0. The predicted molar refractivity (Wildman–Crippen MR) is 117 cm³/mol. The van der Waals surface area contributed by atoms with E-state index in [-0.39, 0.29) is 0 Å². The second-order valence-corrected chi connectivity index (χ2v) is 6.63. The smallest absolute Gasteiger partial charge is 0.0832 e. The Labute approximate surface area is 164 Å². The number of benzene rings is 4. The fourth-order valence-corrected chi connectivity index (χ4v) is 3.44. The Bertz CT molecular complexity index is 1030. The van der Waals surface area contributed by atoms with Gasteiger partial charge in [0.25, 0.3) is 0 Å². The molecule has 4 aromatic rings. The third-order valence-electron chi connectivity index (χ3n) is 4.77. The minimum Gasteiger partial charge on any atom is -0.310 e. The molecule has 28 heavy (non-hydrogen) atoms. The SMILES string of the molecule is c1ccc(N2Nc3ccc(N(c4ccccc4)c4ccccc4)cc3N2)cc1. The van der Waals surface area contributed by atoms with Crippen LogP contribution in [-0.2, 0) is 0 Å². The maximum atomic E-state index is 3.44. The van der Waals surface area contributed by atoms with Crippen molar-refractivity contribution in [3.63, 3.8) is 0 Å². The van der Waals surface area contributed by atoms with Crippen LogP contribution in [0.2, 0.25) is 0 Å². The number of para-hydroxylation sites is 3. The van der Waals surface area contributed by atoms with E-state index >= 15 is 0 Å². The van der Waals surface area contributed by atoms with Crippen molar-refractivity contribution in [2.45, 2.75) is 0 Å². The lowest BCUT2D eigenvalue weighted by molar-refractivity contribution is 1.12. The summed E-state index contributed by atoms with van der Waals surface area (Å²) in [4.78, 5) is 2.26. The number of nitrogens with zero attached hydrogens (tertiary/aromatic N) is 2. The van der Waals surface area contributed by atoms with Crippen LogP contribution in [0.1, 0.15) is 0 Å². The van der Waals surface area contributed by atoms with Crippen LogP contribution in [0, 0.1) is 0 Å². The number of anilines is 6. The standard InChI is InChI=1S/C24H20N4/c1-4-10-19(11-5-1)27(20-12-6-2-7-13-20)22-16-17-23-24(18-22)26-28(25-23)21-14-8-3-9-15-21/h1-18,25-26H. The Kier molecular flexibility index (Phi) is 4.07. The summed E-state index contributed by atoms with van der Waals surface area (Å²) < 4.78 is 0. The van der Waals surface area contributed by atoms with Crippen LogP contribution in [0.5, 0.6) is 0 Å². The molecule has 0 amide bonds. The van der Waals surface area contributed by atoms with Crippen molar-refractivity contribution < 1.29 is 0 Å². The zero-order chi connectivity index (χ0) is 18.8. The van der Waals surface area contributed by atoms with Gasteiger partial charge in [0.15, 0.2) is 0 Å². The molecule has 0 saturated heterocycles. The molecule has 4 heteroatoms. The first-order chi connectivity index (χ1) is 13.9. The fourth-order valence-electron chi connectivity index (χ4n) is 3.44. The summed E-state index contributed by atoms with van der Waals surface area (Å²) in [6.07, 6.45) is 0. The number of fused-ring (bicyclic) bond motifs is 1. The highest BCUT2D eigenvalue weighted by molar-refractivity contribution is 5.86. The lowest BCUT2D eigenvalue weighted by atomic mass is 10.1. The number of rotatable bonds is 4. The zero-order valence-corrected chi connectivity index (χ0v) is 15.3. The van der Waals surface area contributed by atoms with Crippen molar-refractivity contribution in [2.75, 3.05) is 20.9 Å². The highest BCUT2D eigenvalue weighted by Crippen LogP contribution is 2.39. The quantitative estimate of drug-likeness (QED) is 0.443. The second kappa shape index (κ2) is 7.00. The average molecular weight is 364 g/mol. The van der Waals surface area contributed by atoms with Crippen LogP contribution in [0.4, 0.5) is 34.1 Å². The fraction of sp³-hybridized carbons (Fsp3) is 0. The van der Waals surface area contributed by atoms with Gasteiger partial charge in [0.2, 0.25) is 0 Å². The van der Waals surface area contributed by atoms with E-state index < -0.39 is 0 Å². The molecule has 4 nitrogen and oxygen atoms in total. The predicted octanol–water partition coefficient (Wildman–Crippen LogP) is 6.33. The van der Waals surface area contributed by atoms with E-state index in [9.17, 15) is 0 Å². The van der Waals surface area contributed by atoms with Crippen LogP contribution in [0.15, 0.2) is 109 Å². The first-order valence-electron chi connectivity index (χ1n) is 9.31. The molecule has 4 aromatic carbocycles. The molecule has 5 rings (SSSR count). The first-order valence-corrected chi connectivity index (χ1v) is 9.31. The van der Waals surface area contributed by atoms with Crippen molar-refractivity contribution in [2.24, 2.45) is 0 Å². The number of hydrazine groups is 2. The van der Waals surface area contributed by atoms with Gasteiger partial charge in [-0.1, -0.05) is 54.6 Å². The van der Waals surface area contributed by atoms with Gasteiger partial charge < -0.3 is 4.90 Å². The number of nitrogens with one attached hydrogen (secondary N) is 2. The van der Waals surface area contributed by atoms with Crippen molar-refractivity contribution in [3.8, 4) is 0 Å². The number of hydrogen-bond donors (Lipinski definition) is 2. The van der Waals surface area contributed by atoms with Crippen LogP contribution in [-0.4, -0.2) is 0 Å². The minimum absolute atomic E-state index is 1.04. The summed E-state index contributed by atoms with van der Waals surface area (Å²) in [5.41, 5.74) is 13.3. The van der Waals surface area contributed by atoms with Gasteiger partial charge in [0.1, 0.15) is 0 Å². The van der Waals surface area contributed by atoms with E-state index in [0.717, 1.165) is 34.1 Å². The molecule has 1 heterocycles. The summed E-state index contributed by atoms with van der Waals surface area (Å²) in [6, 6.07) is 37.5. The highest BCUT2D eigenvalue weighted by Gasteiger charge is 2.20. The normalized spacial score (nSPS) is 12.1. The van der Waals surface area contributed by atoms with Crippen LogP contribution < -0.4 is 20.9 Å². The van der Waals surface area contributed by atoms with Crippen molar-refractivity contribution in [1.82, 2.24) is 0 Å². The summed E-state index contributed by atoms with van der Waals surface area (Å²) in [5.74, 6) is 0. The van der Waals surface area contributed by atoms with Crippen molar-refractivity contribution in [3.05, 3.63) is 109 Å². The molecule has 0 radical (unpaired) electrons. The molecule has 2 N–H and O–H groups in total. The molecule has 0 bridgehead atoms. The van der Waals surface area contributed by atoms with Gasteiger partial charge in [-0.3, -0.25) is 10.9 Å². The van der Waals surface area contributed by atoms with Gasteiger partial charge in [-0.25, -0.2) is 0 Å². The first kappa shape index (κ1) is 16.3. The molecule has 0 saturated carbocycles. The third-order valence-corrected chi connectivity index (χ3v) is 4.77. The van der Waals surface area contributed by atoms with Gasteiger partial charge in [-0.15, -0.1) is 0 Å². The lowest BCUT2D eigenvalue weighted by Crippen LogP contribution is -2.29. The maximum Gasteiger partial charge on any atom is 0.0832 e. The largest absolute Gasteiger partial charge is 0.310 e. The monoisotopic (exact) mass is 364 g/mol. The van der Waals surface area contributed by atoms with E-state index in [1.807, 2.05) is 35.4 Å². The molecule has 0 aliphatic carbocycles. The molecule has 0 unspecified atom stereocenters. The topological polar surface area (TPSA) is 30.5 Å². The molecular weight excluding hydrogens is 344 g/mol. The summed E-state index contributed by atoms with van der Waals surface area (Å²) in [7, 11) is 0. The van der Waals surface area contributed by atoms with Crippen LogP contribution >= 0.6 is 0 Å². The van der Waals surface area contributed by atoms with Crippen molar-refractivity contribution >= 4 is 34.1 Å². The van der Waals surface area contributed by atoms with Crippen molar-refractivity contribution in [1.29, 1.82) is 0 Å². The van der Waals surface area contributed by atoms with Gasteiger partial charge in [0.05, 0.1) is 17.1 Å². The molecule has 0 fully saturated rings. The van der Waals surface area contributed by atoms with Gasteiger partial charge in [0, 0.05) is 17.1 Å². The Morgan fingerprint density at radius 1 is 0.500 bits per heavy atom. The Balaban J connectivity index is 1.52. The van der Waals surface area contributed by atoms with E-state index in [2.05, 4.69) is 94.6 Å². The van der Waals surface area contributed by atoms with Gasteiger partial charge >= 0.3 is 0 Å². The lowest BCUT2D eigenvalue weighted by Gasteiger charge is -2.25. The maximum absolute atomic E-state index is 3.44. The van der Waals surface area contributed by atoms with Crippen LogP contribution in [0.3, 0.4) is 0 Å². The van der Waals surface area contributed by atoms with E-state index in [4.69, 9.17) is 0 Å².